The lowest BCUT2D eigenvalue weighted by molar-refractivity contribution is -0.130. The number of urea groups is 1. The van der Waals surface area contributed by atoms with Gasteiger partial charge in [0.1, 0.15) is 11.2 Å². The number of benzene rings is 1. The molecule has 0 unspecified atom stereocenters. The van der Waals surface area contributed by atoms with E-state index in [2.05, 4.69) is 15.2 Å². The third-order valence-electron chi connectivity index (χ3n) is 5.24. The molecule has 0 radical (unpaired) electrons. The molecule has 29 heavy (non-hydrogen) atoms. The number of methoxy groups -OCH3 is 1. The SMILES string of the molecule is COC(=O)c1[nH]c2ccc(CCN3C(=O)NC(C)(C)C3=O)cc2c1CCN(C)C. The molecule has 1 aliphatic heterocycles. The van der Waals surface area contributed by atoms with Gasteiger partial charge < -0.3 is 19.9 Å². The Bertz CT molecular complexity index is 961. The minimum atomic E-state index is -0.865. The number of H-pyrrole nitrogens is 1. The van der Waals surface area contributed by atoms with E-state index >= 15 is 0 Å². The van der Waals surface area contributed by atoms with Crippen LogP contribution >= 0.6 is 0 Å². The zero-order chi connectivity index (χ0) is 21.3. The Balaban J connectivity index is 1.86. The van der Waals surface area contributed by atoms with Crippen LogP contribution in [0.25, 0.3) is 10.9 Å². The predicted octanol–water partition coefficient (Wildman–Crippen LogP) is 1.93. The van der Waals surface area contributed by atoms with E-state index in [-0.39, 0.29) is 11.9 Å². The Morgan fingerprint density at radius 2 is 1.93 bits per heavy atom. The van der Waals surface area contributed by atoms with E-state index in [1.54, 1.807) is 13.8 Å². The number of likely N-dealkylation sites (N-methyl/N-ethyl adjacent to an activating group) is 1. The summed E-state index contributed by atoms with van der Waals surface area (Å²) < 4.78 is 4.93. The number of aromatic nitrogens is 1. The summed E-state index contributed by atoms with van der Waals surface area (Å²) in [4.78, 5) is 43.1. The Labute approximate surface area is 170 Å². The largest absolute Gasteiger partial charge is 0.464 e. The summed E-state index contributed by atoms with van der Waals surface area (Å²) in [5.74, 6) is -0.608. The van der Waals surface area contributed by atoms with E-state index in [0.717, 1.165) is 28.6 Å². The van der Waals surface area contributed by atoms with Crippen LogP contribution in [0.2, 0.25) is 0 Å². The summed E-state index contributed by atoms with van der Waals surface area (Å²) in [6.45, 7) is 4.49. The second-order valence-electron chi connectivity index (χ2n) is 8.17. The van der Waals surface area contributed by atoms with Crippen molar-refractivity contribution in [2.24, 2.45) is 0 Å². The summed E-state index contributed by atoms with van der Waals surface area (Å²) in [5, 5.41) is 3.65. The second-order valence-corrected chi connectivity index (χ2v) is 8.17. The normalized spacial score (nSPS) is 16.0. The van der Waals surface area contributed by atoms with Crippen LogP contribution in [0.4, 0.5) is 4.79 Å². The van der Waals surface area contributed by atoms with Gasteiger partial charge in [-0.2, -0.15) is 0 Å². The van der Waals surface area contributed by atoms with E-state index in [1.807, 2.05) is 32.3 Å². The third-order valence-corrected chi connectivity index (χ3v) is 5.24. The summed E-state index contributed by atoms with van der Waals surface area (Å²) in [7, 11) is 5.34. The van der Waals surface area contributed by atoms with Crippen LogP contribution in [0.3, 0.4) is 0 Å². The van der Waals surface area contributed by atoms with Gasteiger partial charge in [-0.3, -0.25) is 9.69 Å². The number of esters is 1. The third kappa shape index (κ3) is 4.12. The van der Waals surface area contributed by atoms with Crippen molar-refractivity contribution in [3.8, 4) is 0 Å². The van der Waals surface area contributed by atoms with Crippen LogP contribution in [-0.2, 0) is 22.4 Å². The Hall–Kier alpha value is -2.87. The first-order valence-electron chi connectivity index (χ1n) is 9.64. The quantitative estimate of drug-likeness (QED) is 0.547. The molecule has 1 fully saturated rings. The van der Waals surface area contributed by atoms with Gasteiger partial charge in [0.25, 0.3) is 5.91 Å². The zero-order valence-corrected chi connectivity index (χ0v) is 17.6. The molecule has 1 saturated heterocycles. The number of aromatic amines is 1. The number of imide groups is 1. The molecule has 0 bridgehead atoms. The highest BCUT2D eigenvalue weighted by atomic mass is 16.5. The number of amides is 3. The molecular weight excluding hydrogens is 372 g/mol. The molecule has 1 aromatic heterocycles. The highest BCUT2D eigenvalue weighted by Gasteiger charge is 2.43. The monoisotopic (exact) mass is 400 g/mol. The molecule has 0 saturated carbocycles. The minimum absolute atomic E-state index is 0.218. The molecule has 8 heteroatoms. The number of rotatable bonds is 7. The highest BCUT2D eigenvalue weighted by molar-refractivity contribution is 6.06. The lowest BCUT2D eigenvalue weighted by atomic mass is 10.0. The molecule has 0 aliphatic carbocycles. The maximum absolute atomic E-state index is 12.4. The van der Waals surface area contributed by atoms with Crippen molar-refractivity contribution < 1.29 is 19.1 Å². The molecule has 3 amide bonds. The van der Waals surface area contributed by atoms with Crippen molar-refractivity contribution in [3.63, 3.8) is 0 Å². The highest BCUT2D eigenvalue weighted by Crippen LogP contribution is 2.26. The molecule has 3 rings (SSSR count). The number of hydrogen-bond acceptors (Lipinski definition) is 5. The summed E-state index contributed by atoms with van der Waals surface area (Å²) in [6.07, 6.45) is 1.24. The van der Waals surface area contributed by atoms with Crippen LogP contribution in [0.5, 0.6) is 0 Å². The Morgan fingerprint density at radius 1 is 1.21 bits per heavy atom. The molecule has 2 aromatic rings. The van der Waals surface area contributed by atoms with Gasteiger partial charge >= 0.3 is 12.0 Å². The van der Waals surface area contributed by atoms with Gasteiger partial charge in [-0.05, 0) is 64.0 Å². The predicted molar refractivity (Wildman–Crippen MR) is 110 cm³/mol. The maximum atomic E-state index is 12.4. The van der Waals surface area contributed by atoms with Crippen molar-refractivity contribution >= 4 is 28.8 Å². The topological polar surface area (TPSA) is 94.7 Å². The smallest absolute Gasteiger partial charge is 0.354 e. The standard InChI is InChI=1S/C21H28N4O4/c1-21(2)19(27)25(20(28)23-21)11-8-13-6-7-16-15(12-13)14(9-10-24(3)4)17(22-16)18(26)29-5/h6-7,12,22H,8-11H2,1-5H3,(H,23,28). The fourth-order valence-corrected chi connectivity index (χ4v) is 3.58. The average Bonchev–Trinajstić information content (AvgIpc) is 3.11. The molecule has 8 nitrogen and oxygen atoms in total. The van der Waals surface area contributed by atoms with Gasteiger partial charge in [-0.15, -0.1) is 0 Å². The van der Waals surface area contributed by atoms with Crippen LogP contribution in [0.1, 0.15) is 35.5 Å². The number of carbonyl (C=O) groups excluding carboxylic acids is 3. The van der Waals surface area contributed by atoms with Crippen LogP contribution in [0.15, 0.2) is 18.2 Å². The van der Waals surface area contributed by atoms with Crippen molar-refractivity contribution in [2.45, 2.75) is 32.2 Å². The molecule has 1 aliphatic rings. The average molecular weight is 400 g/mol. The van der Waals surface area contributed by atoms with Gasteiger partial charge in [0, 0.05) is 24.0 Å². The number of nitrogens with one attached hydrogen (secondary N) is 2. The molecule has 156 valence electrons. The van der Waals surface area contributed by atoms with Crippen molar-refractivity contribution in [2.75, 3.05) is 34.3 Å². The Morgan fingerprint density at radius 3 is 2.52 bits per heavy atom. The fourth-order valence-electron chi connectivity index (χ4n) is 3.58. The van der Waals surface area contributed by atoms with Gasteiger partial charge in [0.2, 0.25) is 0 Å². The van der Waals surface area contributed by atoms with Gasteiger partial charge in [0.15, 0.2) is 0 Å². The molecule has 0 atom stereocenters. The number of carbonyl (C=O) groups is 3. The summed E-state index contributed by atoms with van der Waals surface area (Å²) in [6, 6.07) is 5.53. The molecule has 0 spiro atoms. The van der Waals surface area contributed by atoms with Gasteiger partial charge in [0.05, 0.1) is 7.11 Å². The minimum Gasteiger partial charge on any atom is -0.464 e. The van der Waals surface area contributed by atoms with Crippen LogP contribution < -0.4 is 5.32 Å². The first-order chi connectivity index (χ1) is 13.6. The van der Waals surface area contributed by atoms with Crippen molar-refractivity contribution in [1.82, 2.24) is 20.1 Å². The van der Waals surface area contributed by atoms with Gasteiger partial charge in [-0.25, -0.2) is 9.59 Å². The number of nitrogens with zero attached hydrogens (tertiary/aromatic N) is 2. The lowest BCUT2D eigenvalue weighted by Crippen LogP contribution is -2.40. The van der Waals surface area contributed by atoms with E-state index in [1.165, 1.54) is 12.0 Å². The molecule has 2 N–H and O–H groups in total. The van der Waals surface area contributed by atoms with Crippen molar-refractivity contribution in [1.29, 1.82) is 0 Å². The number of ether oxygens (including phenoxy) is 1. The zero-order valence-electron chi connectivity index (χ0n) is 17.6. The van der Waals surface area contributed by atoms with E-state index in [4.69, 9.17) is 4.74 Å². The van der Waals surface area contributed by atoms with Crippen LogP contribution in [-0.4, -0.2) is 72.5 Å². The van der Waals surface area contributed by atoms with E-state index < -0.39 is 11.5 Å². The first kappa shape index (κ1) is 20.9. The second kappa shape index (κ2) is 7.87. The molecular formula is C21H28N4O4. The Kier molecular flexibility index (Phi) is 5.66. The van der Waals surface area contributed by atoms with Crippen LogP contribution in [0, 0.1) is 0 Å². The molecule has 1 aromatic carbocycles. The molecule has 2 heterocycles. The number of hydrogen-bond donors (Lipinski definition) is 2. The summed E-state index contributed by atoms with van der Waals surface area (Å²) >= 11 is 0. The summed E-state index contributed by atoms with van der Waals surface area (Å²) in [5.41, 5.74) is 2.37. The lowest BCUT2D eigenvalue weighted by Gasteiger charge is -2.16. The first-order valence-corrected chi connectivity index (χ1v) is 9.64. The van der Waals surface area contributed by atoms with E-state index in [9.17, 15) is 14.4 Å². The van der Waals surface area contributed by atoms with Crippen molar-refractivity contribution in [3.05, 3.63) is 35.0 Å². The van der Waals surface area contributed by atoms with E-state index in [0.29, 0.717) is 25.1 Å². The maximum Gasteiger partial charge on any atom is 0.354 e. The van der Waals surface area contributed by atoms with Gasteiger partial charge in [-0.1, -0.05) is 6.07 Å². The fraction of sp³-hybridized carbons (Fsp3) is 0.476. The number of fused-ring (bicyclic) bond motifs is 1.